The molecule has 1 aromatic carbocycles. The number of benzene rings is 1. The summed E-state index contributed by atoms with van der Waals surface area (Å²) in [6, 6.07) is 7.87. The van der Waals surface area contributed by atoms with Crippen molar-refractivity contribution in [3.8, 4) is 0 Å². The molecule has 1 rings (SSSR count). The van der Waals surface area contributed by atoms with E-state index in [0.29, 0.717) is 5.57 Å². The van der Waals surface area contributed by atoms with Crippen molar-refractivity contribution in [1.29, 1.82) is 0 Å². The van der Waals surface area contributed by atoms with E-state index in [1.165, 1.54) is 0 Å². The van der Waals surface area contributed by atoms with Crippen LogP contribution in [0.2, 0.25) is 0 Å². The van der Waals surface area contributed by atoms with Crippen molar-refractivity contribution in [1.82, 2.24) is 0 Å². The van der Waals surface area contributed by atoms with Gasteiger partial charge in [0, 0.05) is 25.4 Å². The minimum atomic E-state index is -0.352. The van der Waals surface area contributed by atoms with Gasteiger partial charge < -0.3 is 9.64 Å². The highest BCUT2D eigenvalue weighted by Crippen LogP contribution is 2.14. The van der Waals surface area contributed by atoms with Crippen molar-refractivity contribution in [2.45, 2.75) is 13.5 Å². The average Bonchev–Trinajstić information content (AvgIpc) is 2.26. The number of hydrogen-bond acceptors (Lipinski definition) is 3. The highest BCUT2D eigenvalue weighted by atomic mass is 16.5. The number of carbonyl (C=O) groups is 1. The molecule has 0 atom stereocenters. The third-order valence-corrected chi connectivity index (χ3v) is 2.15. The van der Waals surface area contributed by atoms with Gasteiger partial charge in [-0.05, 0) is 24.6 Å². The van der Waals surface area contributed by atoms with Gasteiger partial charge in [-0.1, -0.05) is 18.7 Å². The lowest BCUT2D eigenvalue weighted by molar-refractivity contribution is -0.140. The van der Waals surface area contributed by atoms with Gasteiger partial charge >= 0.3 is 5.97 Å². The average molecular weight is 219 g/mol. The smallest absolute Gasteiger partial charge is 0.333 e. The lowest BCUT2D eigenvalue weighted by Gasteiger charge is -2.13. The lowest BCUT2D eigenvalue weighted by Crippen LogP contribution is -2.09. The number of carbonyl (C=O) groups excluding carboxylic acids is 1. The minimum absolute atomic E-state index is 0.285. The molecular weight excluding hydrogens is 202 g/mol. The molecule has 0 bridgehead atoms. The number of nitrogens with zero attached hydrogens (tertiary/aromatic N) is 1. The molecule has 0 radical (unpaired) electrons. The van der Waals surface area contributed by atoms with Gasteiger partial charge in [0.1, 0.15) is 6.61 Å². The Morgan fingerprint density at radius 3 is 2.69 bits per heavy atom. The molecule has 0 aliphatic carbocycles. The SMILES string of the molecule is C=C(C)C(=O)OCc1cccc(N(C)C)c1. The number of esters is 1. The Bertz CT molecular complexity index is 397. The van der Waals surface area contributed by atoms with E-state index >= 15 is 0 Å². The molecule has 16 heavy (non-hydrogen) atoms. The first-order chi connectivity index (χ1) is 7.50. The minimum Gasteiger partial charge on any atom is -0.457 e. The fraction of sp³-hybridized carbons (Fsp3) is 0.308. The summed E-state index contributed by atoms with van der Waals surface area (Å²) in [7, 11) is 3.94. The summed E-state index contributed by atoms with van der Waals surface area (Å²) < 4.78 is 5.07. The van der Waals surface area contributed by atoms with Crippen LogP contribution in [0.1, 0.15) is 12.5 Å². The summed E-state index contributed by atoms with van der Waals surface area (Å²) in [5, 5.41) is 0. The number of anilines is 1. The normalized spacial score (nSPS) is 9.69. The molecule has 0 amide bonds. The summed E-state index contributed by atoms with van der Waals surface area (Å²) in [5.74, 6) is -0.352. The van der Waals surface area contributed by atoms with Gasteiger partial charge in [0.05, 0.1) is 0 Å². The van der Waals surface area contributed by atoms with Crippen LogP contribution in [0.15, 0.2) is 36.4 Å². The zero-order chi connectivity index (χ0) is 12.1. The van der Waals surface area contributed by atoms with Crippen molar-refractivity contribution >= 4 is 11.7 Å². The quantitative estimate of drug-likeness (QED) is 0.575. The highest BCUT2D eigenvalue weighted by Gasteiger charge is 2.04. The van der Waals surface area contributed by atoms with E-state index in [4.69, 9.17) is 4.74 Å². The van der Waals surface area contributed by atoms with Crippen LogP contribution in [0, 0.1) is 0 Å². The van der Waals surface area contributed by atoms with E-state index in [0.717, 1.165) is 11.3 Å². The molecule has 0 aliphatic heterocycles. The first kappa shape index (κ1) is 12.3. The predicted molar refractivity (Wildman–Crippen MR) is 65.4 cm³/mol. The van der Waals surface area contributed by atoms with Crippen LogP contribution in [0.4, 0.5) is 5.69 Å². The van der Waals surface area contributed by atoms with Crippen LogP contribution in [0.3, 0.4) is 0 Å². The van der Waals surface area contributed by atoms with Gasteiger partial charge in [-0.15, -0.1) is 0 Å². The van der Waals surface area contributed by atoms with Crippen molar-refractivity contribution < 1.29 is 9.53 Å². The fourth-order valence-electron chi connectivity index (χ4n) is 1.20. The molecule has 0 N–H and O–H groups in total. The molecule has 0 unspecified atom stereocenters. The van der Waals surface area contributed by atoms with E-state index in [-0.39, 0.29) is 12.6 Å². The molecule has 0 saturated carbocycles. The first-order valence-corrected chi connectivity index (χ1v) is 5.09. The Morgan fingerprint density at radius 2 is 2.12 bits per heavy atom. The Labute approximate surface area is 96.3 Å². The van der Waals surface area contributed by atoms with Crippen molar-refractivity contribution in [3.63, 3.8) is 0 Å². The Balaban J connectivity index is 2.64. The maximum Gasteiger partial charge on any atom is 0.333 e. The van der Waals surface area contributed by atoms with E-state index in [2.05, 4.69) is 6.58 Å². The molecule has 1 aromatic rings. The Hall–Kier alpha value is -1.77. The topological polar surface area (TPSA) is 29.5 Å². The molecule has 0 aliphatic rings. The first-order valence-electron chi connectivity index (χ1n) is 5.09. The van der Waals surface area contributed by atoms with Gasteiger partial charge in [0.15, 0.2) is 0 Å². The largest absolute Gasteiger partial charge is 0.457 e. The summed E-state index contributed by atoms with van der Waals surface area (Å²) in [4.78, 5) is 13.2. The Morgan fingerprint density at radius 1 is 1.44 bits per heavy atom. The highest BCUT2D eigenvalue weighted by molar-refractivity contribution is 5.86. The zero-order valence-corrected chi connectivity index (χ0v) is 9.99. The maximum absolute atomic E-state index is 11.2. The number of rotatable bonds is 4. The summed E-state index contributed by atoms with van der Waals surface area (Å²) in [6.45, 7) is 5.45. The van der Waals surface area contributed by atoms with Crippen molar-refractivity contribution in [2.24, 2.45) is 0 Å². The van der Waals surface area contributed by atoms with Crippen LogP contribution in [0.5, 0.6) is 0 Å². The van der Waals surface area contributed by atoms with E-state index in [1.807, 2.05) is 43.3 Å². The monoisotopic (exact) mass is 219 g/mol. The van der Waals surface area contributed by atoms with Gasteiger partial charge in [0.2, 0.25) is 0 Å². The van der Waals surface area contributed by atoms with Crippen LogP contribution in [-0.2, 0) is 16.1 Å². The van der Waals surface area contributed by atoms with Crippen LogP contribution in [-0.4, -0.2) is 20.1 Å². The van der Waals surface area contributed by atoms with Crippen molar-refractivity contribution in [3.05, 3.63) is 42.0 Å². The molecule has 0 aromatic heterocycles. The standard InChI is InChI=1S/C13H17NO2/c1-10(2)13(15)16-9-11-6-5-7-12(8-11)14(3)4/h5-8H,1,9H2,2-4H3. The molecule has 0 fully saturated rings. The lowest BCUT2D eigenvalue weighted by atomic mass is 10.2. The predicted octanol–water partition coefficient (Wildman–Crippen LogP) is 2.37. The zero-order valence-electron chi connectivity index (χ0n) is 9.99. The van der Waals surface area contributed by atoms with Crippen molar-refractivity contribution in [2.75, 3.05) is 19.0 Å². The van der Waals surface area contributed by atoms with Crippen LogP contribution in [0.25, 0.3) is 0 Å². The summed E-state index contributed by atoms with van der Waals surface area (Å²) >= 11 is 0. The van der Waals surface area contributed by atoms with Gasteiger partial charge in [-0.3, -0.25) is 0 Å². The van der Waals surface area contributed by atoms with E-state index < -0.39 is 0 Å². The third kappa shape index (κ3) is 3.42. The maximum atomic E-state index is 11.2. The molecule has 0 heterocycles. The fourth-order valence-corrected chi connectivity index (χ4v) is 1.20. The van der Waals surface area contributed by atoms with E-state index in [9.17, 15) is 4.79 Å². The van der Waals surface area contributed by atoms with Gasteiger partial charge in [-0.2, -0.15) is 0 Å². The number of ether oxygens (including phenoxy) is 1. The van der Waals surface area contributed by atoms with Crippen LogP contribution >= 0.6 is 0 Å². The van der Waals surface area contributed by atoms with Gasteiger partial charge in [-0.25, -0.2) is 4.79 Å². The van der Waals surface area contributed by atoms with Gasteiger partial charge in [0.25, 0.3) is 0 Å². The van der Waals surface area contributed by atoms with E-state index in [1.54, 1.807) is 6.92 Å². The molecule has 86 valence electrons. The second-order valence-electron chi connectivity index (χ2n) is 3.92. The second kappa shape index (κ2) is 5.35. The summed E-state index contributed by atoms with van der Waals surface area (Å²) in [6.07, 6.45) is 0. The summed E-state index contributed by atoms with van der Waals surface area (Å²) in [5.41, 5.74) is 2.48. The number of hydrogen-bond donors (Lipinski definition) is 0. The van der Waals surface area contributed by atoms with Crippen LogP contribution < -0.4 is 4.90 Å². The molecule has 0 spiro atoms. The molecular formula is C13H17NO2. The molecule has 0 saturated heterocycles. The second-order valence-corrected chi connectivity index (χ2v) is 3.92. The Kier molecular flexibility index (Phi) is 4.11. The third-order valence-electron chi connectivity index (χ3n) is 2.15. The molecule has 3 heteroatoms. The molecule has 3 nitrogen and oxygen atoms in total.